The van der Waals surface area contributed by atoms with Crippen LogP contribution in [0.5, 0.6) is 0 Å². The van der Waals surface area contributed by atoms with E-state index in [2.05, 4.69) is 5.32 Å². The van der Waals surface area contributed by atoms with E-state index in [1.54, 1.807) is 11.4 Å². The summed E-state index contributed by atoms with van der Waals surface area (Å²) in [5.74, 6) is -1.32. The van der Waals surface area contributed by atoms with Crippen LogP contribution in [0.3, 0.4) is 0 Å². The number of amides is 1. The molecule has 0 radical (unpaired) electrons. The molecule has 1 saturated carbocycles. The molecule has 0 aromatic carbocycles. The topological polar surface area (TPSA) is 66.4 Å². The van der Waals surface area contributed by atoms with Crippen LogP contribution in [-0.4, -0.2) is 23.0 Å². The minimum atomic E-state index is -0.775. The number of rotatable bonds is 3. The number of carboxylic acid groups (broad SMARTS) is 1. The zero-order valence-corrected chi connectivity index (χ0v) is 11.3. The van der Waals surface area contributed by atoms with E-state index in [0.717, 1.165) is 12.8 Å². The fraction of sp³-hybridized carbons (Fsp3) is 0.500. The Bertz CT molecular complexity index is 460. The van der Waals surface area contributed by atoms with Crippen molar-refractivity contribution < 1.29 is 14.7 Å². The first-order valence-corrected chi connectivity index (χ1v) is 7.10. The molecular formula is C12H14ClNO3S. The molecule has 2 atom stereocenters. The van der Waals surface area contributed by atoms with Gasteiger partial charge in [-0.2, -0.15) is 0 Å². The summed E-state index contributed by atoms with van der Waals surface area (Å²) in [5.41, 5.74) is 0. The number of hydrogen-bond donors (Lipinski definition) is 2. The Balaban J connectivity index is 1.95. The van der Waals surface area contributed by atoms with Gasteiger partial charge in [-0.3, -0.25) is 9.59 Å². The lowest BCUT2D eigenvalue weighted by Crippen LogP contribution is -2.39. The lowest BCUT2D eigenvalue weighted by Gasteiger charge is -2.27. The third-order valence-corrected chi connectivity index (χ3v) is 4.52. The van der Waals surface area contributed by atoms with Gasteiger partial charge in [-0.05, 0) is 30.7 Å². The Morgan fingerprint density at radius 1 is 1.44 bits per heavy atom. The molecule has 0 bridgehead atoms. The van der Waals surface area contributed by atoms with Crippen LogP contribution in [0.2, 0.25) is 5.02 Å². The van der Waals surface area contributed by atoms with Crippen molar-refractivity contribution in [1.82, 2.24) is 5.32 Å². The van der Waals surface area contributed by atoms with E-state index < -0.39 is 5.97 Å². The zero-order valence-electron chi connectivity index (χ0n) is 9.69. The SMILES string of the molecule is O=C(NC1CCCC(C(=O)O)C1)c1sccc1Cl. The number of halogens is 1. The second kappa shape index (κ2) is 5.71. The van der Waals surface area contributed by atoms with Crippen LogP contribution >= 0.6 is 22.9 Å². The fourth-order valence-corrected chi connectivity index (χ4v) is 3.30. The van der Waals surface area contributed by atoms with Crippen LogP contribution in [-0.2, 0) is 4.79 Å². The molecule has 2 rings (SSSR count). The highest BCUT2D eigenvalue weighted by Crippen LogP contribution is 2.26. The van der Waals surface area contributed by atoms with Gasteiger partial charge in [-0.25, -0.2) is 0 Å². The van der Waals surface area contributed by atoms with Crippen molar-refractivity contribution in [2.45, 2.75) is 31.7 Å². The highest BCUT2D eigenvalue weighted by Gasteiger charge is 2.28. The highest BCUT2D eigenvalue weighted by atomic mass is 35.5. The average Bonchev–Trinajstić information content (AvgIpc) is 2.76. The van der Waals surface area contributed by atoms with Crippen LogP contribution in [0.4, 0.5) is 0 Å². The Morgan fingerprint density at radius 3 is 2.83 bits per heavy atom. The van der Waals surface area contributed by atoms with E-state index >= 15 is 0 Å². The van der Waals surface area contributed by atoms with Crippen LogP contribution in [0.15, 0.2) is 11.4 Å². The summed E-state index contributed by atoms with van der Waals surface area (Å²) in [6.07, 6.45) is 2.87. The largest absolute Gasteiger partial charge is 0.481 e. The van der Waals surface area contributed by atoms with Crippen molar-refractivity contribution in [2.75, 3.05) is 0 Å². The van der Waals surface area contributed by atoms with Crippen LogP contribution in [0.25, 0.3) is 0 Å². The number of carbonyl (C=O) groups is 2. The Hall–Kier alpha value is -1.07. The third-order valence-electron chi connectivity index (χ3n) is 3.18. The van der Waals surface area contributed by atoms with Gasteiger partial charge in [0.1, 0.15) is 4.88 Å². The Labute approximate surface area is 114 Å². The molecule has 18 heavy (non-hydrogen) atoms. The van der Waals surface area contributed by atoms with Gasteiger partial charge < -0.3 is 10.4 Å². The van der Waals surface area contributed by atoms with E-state index in [1.807, 2.05) is 0 Å². The minimum Gasteiger partial charge on any atom is -0.481 e. The second-order valence-corrected chi connectivity index (χ2v) is 5.79. The molecule has 0 spiro atoms. The van der Waals surface area contributed by atoms with Gasteiger partial charge in [-0.15, -0.1) is 11.3 Å². The molecule has 6 heteroatoms. The molecule has 1 aliphatic carbocycles. The summed E-state index contributed by atoms with van der Waals surface area (Å²) in [5, 5.41) is 14.1. The first-order valence-electron chi connectivity index (χ1n) is 5.84. The molecule has 98 valence electrons. The van der Waals surface area contributed by atoms with Gasteiger partial charge >= 0.3 is 5.97 Å². The average molecular weight is 288 g/mol. The molecule has 4 nitrogen and oxygen atoms in total. The third kappa shape index (κ3) is 3.03. The molecule has 2 N–H and O–H groups in total. The molecule has 1 heterocycles. The highest BCUT2D eigenvalue weighted by molar-refractivity contribution is 7.12. The Morgan fingerprint density at radius 2 is 2.22 bits per heavy atom. The number of nitrogens with one attached hydrogen (secondary N) is 1. The summed E-state index contributed by atoms with van der Waals surface area (Å²) < 4.78 is 0. The normalized spacial score (nSPS) is 23.6. The van der Waals surface area contributed by atoms with Crippen LogP contribution in [0, 0.1) is 5.92 Å². The van der Waals surface area contributed by atoms with Crippen molar-refractivity contribution in [3.8, 4) is 0 Å². The molecule has 1 amide bonds. The molecule has 0 saturated heterocycles. The number of aliphatic carboxylic acids is 1. The maximum atomic E-state index is 11.9. The summed E-state index contributed by atoms with van der Waals surface area (Å²) in [6, 6.07) is 1.62. The van der Waals surface area contributed by atoms with Gasteiger partial charge in [0.15, 0.2) is 0 Å². The summed E-state index contributed by atoms with van der Waals surface area (Å²) in [4.78, 5) is 23.4. The summed E-state index contributed by atoms with van der Waals surface area (Å²) in [6.45, 7) is 0. The first-order chi connectivity index (χ1) is 8.58. The molecule has 1 aromatic heterocycles. The smallest absolute Gasteiger partial charge is 0.306 e. The van der Waals surface area contributed by atoms with Crippen LogP contribution in [0.1, 0.15) is 35.4 Å². The van der Waals surface area contributed by atoms with E-state index in [-0.39, 0.29) is 17.9 Å². The summed E-state index contributed by atoms with van der Waals surface area (Å²) >= 11 is 7.18. The predicted octanol–water partition coefficient (Wildman–Crippen LogP) is 2.77. The molecule has 2 unspecified atom stereocenters. The summed E-state index contributed by atoms with van der Waals surface area (Å²) in [7, 11) is 0. The first kappa shape index (κ1) is 13.4. The van der Waals surface area contributed by atoms with Crippen molar-refractivity contribution in [3.05, 3.63) is 21.3 Å². The fourth-order valence-electron chi connectivity index (χ4n) is 2.25. The molecular weight excluding hydrogens is 274 g/mol. The number of hydrogen-bond acceptors (Lipinski definition) is 3. The zero-order chi connectivity index (χ0) is 13.1. The van der Waals surface area contributed by atoms with Gasteiger partial charge in [0, 0.05) is 6.04 Å². The van der Waals surface area contributed by atoms with Gasteiger partial charge in [0.05, 0.1) is 10.9 Å². The predicted molar refractivity (Wildman–Crippen MR) is 70.2 cm³/mol. The van der Waals surface area contributed by atoms with Crippen molar-refractivity contribution in [1.29, 1.82) is 0 Å². The van der Waals surface area contributed by atoms with E-state index in [4.69, 9.17) is 16.7 Å². The standard InChI is InChI=1S/C12H14ClNO3S/c13-9-4-5-18-10(9)11(15)14-8-3-1-2-7(6-8)12(16)17/h4-5,7-8H,1-3,6H2,(H,14,15)(H,16,17). The molecule has 1 aliphatic rings. The van der Waals surface area contributed by atoms with Crippen LogP contribution < -0.4 is 5.32 Å². The molecule has 1 aromatic rings. The van der Waals surface area contributed by atoms with Gasteiger partial charge in [0.2, 0.25) is 0 Å². The lowest BCUT2D eigenvalue weighted by molar-refractivity contribution is -0.143. The number of carbonyl (C=O) groups excluding carboxylic acids is 1. The van der Waals surface area contributed by atoms with E-state index in [9.17, 15) is 9.59 Å². The monoisotopic (exact) mass is 287 g/mol. The van der Waals surface area contributed by atoms with Crippen molar-refractivity contribution in [2.24, 2.45) is 5.92 Å². The van der Waals surface area contributed by atoms with Gasteiger partial charge in [0.25, 0.3) is 5.91 Å². The van der Waals surface area contributed by atoms with Gasteiger partial charge in [-0.1, -0.05) is 18.0 Å². The number of thiophene rings is 1. The lowest BCUT2D eigenvalue weighted by atomic mass is 9.86. The number of carboxylic acids is 1. The quantitative estimate of drug-likeness (QED) is 0.898. The molecule has 0 aliphatic heterocycles. The second-order valence-electron chi connectivity index (χ2n) is 4.47. The van der Waals surface area contributed by atoms with E-state index in [0.29, 0.717) is 22.7 Å². The Kier molecular flexibility index (Phi) is 4.24. The minimum absolute atomic E-state index is 0.0643. The van der Waals surface area contributed by atoms with E-state index in [1.165, 1.54) is 11.3 Å². The molecule has 1 fully saturated rings. The maximum absolute atomic E-state index is 11.9. The van der Waals surface area contributed by atoms with Crippen molar-refractivity contribution in [3.63, 3.8) is 0 Å². The van der Waals surface area contributed by atoms with Crippen molar-refractivity contribution >= 4 is 34.8 Å². The maximum Gasteiger partial charge on any atom is 0.306 e.